The summed E-state index contributed by atoms with van der Waals surface area (Å²) in [5.74, 6) is 0.576. The third-order valence-corrected chi connectivity index (χ3v) is 6.12. The van der Waals surface area contributed by atoms with Crippen LogP contribution in [0.2, 0.25) is 0 Å². The number of rotatable bonds is 1. The van der Waals surface area contributed by atoms with Crippen LogP contribution in [-0.2, 0) is 5.41 Å². The van der Waals surface area contributed by atoms with Gasteiger partial charge >= 0.3 is 0 Å². The van der Waals surface area contributed by atoms with Crippen LogP contribution in [0.25, 0.3) is 11.0 Å². The van der Waals surface area contributed by atoms with Gasteiger partial charge < -0.3 is 0 Å². The Kier molecular flexibility index (Phi) is 2.90. The van der Waals surface area contributed by atoms with Crippen molar-refractivity contribution in [2.75, 3.05) is 0 Å². The van der Waals surface area contributed by atoms with E-state index in [-0.39, 0.29) is 11.0 Å². The Morgan fingerprint density at radius 2 is 1.83 bits per heavy atom. The van der Waals surface area contributed by atoms with Gasteiger partial charge in [-0.15, -0.1) is 21.5 Å². The number of hydrogen-bond donors (Lipinski definition) is 0. The molecule has 3 aromatic rings. The summed E-state index contributed by atoms with van der Waals surface area (Å²) in [6, 6.07) is 3.95. The first kappa shape index (κ1) is 14.4. The van der Waals surface area contributed by atoms with E-state index in [1.54, 1.807) is 23.7 Å². The maximum Gasteiger partial charge on any atom is 0.201 e. The minimum atomic E-state index is -0.239. The van der Waals surface area contributed by atoms with E-state index in [1.807, 2.05) is 6.07 Å². The first-order chi connectivity index (χ1) is 10.9. The zero-order valence-electron chi connectivity index (χ0n) is 13.5. The van der Waals surface area contributed by atoms with E-state index < -0.39 is 0 Å². The molecule has 116 valence electrons. The molecule has 0 spiro atoms. The smallest absolute Gasteiger partial charge is 0.201 e. The second kappa shape index (κ2) is 4.64. The molecule has 0 aliphatic carbocycles. The van der Waals surface area contributed by atoms with Crippen LogP contribution < -0.4 is 0 Å². The van der Waals surface area contributed by atoms with Crippen molar-refractivity contribution in [2.24, 2.45) is 4.99 Å². The number of aromatic nitrogens is 4. The molecule has 0 N–H and O–H groups in total. The van der Waals surface area contributed by atoms with E-state index in [2.05, 4.69) is 59.3 Å². The molecule has 6 heteroatoms. The molecule has 4 rings (SSSR count). The molecule has 4 heterocycles. The molecule has 1 aliphatic heterocycles. The molecular weight excluding hydrogens is 306 g/mol. The first-order valence-electron chi connectivity index (χ1n) is 7.53. The number of pyridine rings is 1. The number of thiophene rings is 1. The summed E-state index contributed by atoms with van der Waals surface area (Å²) in [5, 5.41) is 10.7. The third-order valence-electron chi connectivity index (χ3n) is 4.88. The highest BCUT2D eigenvalue weighted by Crippen LogP contribution is 2.45. The Labute approximate surface area is 138 Å². The van der Waals surface area contributed by atoms with E-state index in [0.717, 1.165) is 16.8 Å². The minimum absolute atomic E-state index is 0.0335. The van der Waals surface area contributed by atoms with E-state index in [0.29, 0.717) is 11.3 Å². The summed E-state index contributed by atoms with van der Waals surface area (Å²) in [6.07, 6.45) is 3.39. The van der Waals surface area contributed by atoms with Crippen LogP contribution in [0.15, 0.2) is 34.9 Å². The molecule has 23 heavy (non-hydrogen) atoms. The first-order valence-corrected chi connectivity index (χ1v) is 8.41. The van der Waals surface area contributed by atoms with Crippen molar-refractivity contribution >= 4 is 28.1 Å². The van der Waals surface area contributed by atoms with Gasteiger partial charge in [0.25, 0.3) is 0 Å². The second-order valence-corrected chi connectivity index (χ2v) is 7.72. The lowest BCUT2D eigenvalue weighted by molar-refractivity contribution is 0.309. The third kappa shape index (κ3) is 2.01. The van der Waals surface area contributed by atoms with Gasteiger partial charge in [0, 0.05) is 22.1 Å². The van der Waals surface area contributed by atoms with Gasteiger partial charge in [0.05, 0.1) is 17.3 Å². The van der Waals surface area contributed by atoms with E-state index in [9.17, 15) is 0 Å². The van der Waals surface area contributed by atoms with Gasteiger partial charge in [0.2, 0.25) is 5.82 Å². The number of hydrogen-bond acceptors (Lipinski definition) is 6. The molecule has 0 atom stereocenters. The maximum absolute atomic E-state index is 5.00. The Bertz CT molecular complexity index is 939. The van der Waals surface area contributed by atoms with Crippen LogP contribution in [0.1, 0.15) is 44.0 Å². The maximum atomic E-state index is 5.00. The lowest BCUT2D eigenvalue weighted by atomic mass is 9.70. The van der Waals surface area contributed by atoms with E-state index >= 15 is 0 Å². The summed E-state index contributed by atoms with van der Waals surface area (Å²) in [5.41, 5.74) is 3.15. The Balaban J connectivity index is 1.95. The quantitative estimate of drug-likeness (QED) is 0.688. The molecule has 1 aliphatic rings. The molecule has 0 amide bonds. The molecule has 0 fully saturated rings. The van der Waals surface area contributed by atoms with Crippen molar-refractivity contribution in [1.29, 1.82) is 0 Å². The fraction of sp³-hybridized carbons (Fsp3) is 0.353. The van der Waals surface area contributed by atoms with Crippen LogP contribution >= 0.6 is 11.3 Å². The average molecular weight is 323 g/mol. The van der Waals surface area contributed by atoms with Crippen molar-refractivity contribution in [3.05, 3.63) is 46.2 Å². The van der Waals surface area contributed by atoms with E-state index in [1.165, 1.54) is 4.88 Å². The molecule has 5 nitrogen and oxygen atoms in total. The van der Waals surface area contributed by atoms with Gasteiger partial charge in [-0.25, -0.2) is 4.98 Å². The second-order valence-electron chi connectivity index (χ2n) is 6.81. The van der Waals surface area contributed by atoms with Crippen LogP contribution in [0, 0.1) is 0 Å². The normalized spacial score (nSPS) is 18.5. The lowest BCUT2D eigenvalue weighted by Gasteiger charge is -2.42. The van der Waals surface area contributed by atoms with Gasteiger partial charge in [-0.05, 0) is 31.4 Å². The van der Waals surface area contributed by atoms with Crippen molar-refractivity contribution < 1.29 is 0 Å². The summed E-state index contributed by atoms with van der Waals surface area (Å²) < 4.78 is 0. The van der Waals surface area contributed by atoms with Crippen LogP contribution in [0.5, 0.6) is 0 Å². The summed E-state index contributed by atoms with van der Waals surface area (Å²) >= 11 is 1.77. The van der Waals surface area contributed by atoms with Crippen molar-refractivity contribution in [2.45, 2.75) is 38.6 Å². The highest BCUT2D eigenvalue weighted by atomic mass is 32.1. The number of aliphatic imine (C=N–C) groups is 1. The average Bonchev–Trinajstić information content (AvgIpc) is 3.01. The number of nitrogens with zero attached hydrogens (tertiary/aromatic N) is 5. The van der Waals surface area contributed by atoms with Crippen molar-refractivity contribution in [1.82, 2.24) is 20.2 Å². The fourth-order valence-corrected chi connectivity index (χ4v) is 3.97. The van der Waals surface area contributed by atoms with Crippen LogP contribution in [0.4, 0.5) is 0 Å². The SMILES string of the molecule is CC1(C)N=C(c2nnc3cnccc3n2)c2ccsc2C1(C)C. The molecule has 0 radical (unpaired) electrons. The molecule has 0 saturated heterocycles. The lowest BCUT2D eigenvalue weighted by Crippen LogP contribution is -2.45. The Hall–Kier alpha value is -2.21. The summed E-state index contributed by atoms with van der Waals surface area (Å²) in [7, 11) is 0. The largest absolute Gasteiger partial charge is 0.274 e. The minimum Gasteiger partial charge on any atom is -0.274 e. The van der Waals surface area contributed by atoms with E-state index in [4.69, 9.17) is 4.99 Å². The van der Waals surface area contributed by atoms with Gasteiger partial charge in [-0.1, -0.05) is 13.8 Å². The highest BCUT2D eigenvalue weighted by molar-refractivity contribution is 7.10. The monoisotopic (exact) mass is 323 g/mol. The van der Waals surface area contributed by atoms with Crippen LogP contribution in [-0.4, -0.2) is 31.4 Å². The Morgan fingerprint density at radius 3 is 2.65 bits per heavy atom. The molecule has 0 aromatic carbocycles. The summed E-state index contributed by atoms with van der Waals surface area (Å²) in [6.45, 7) is 8.81. The standard InChI is InChI=1S/C17H17N5S/c1-16(2)14-10(6-8-23-14)13(20-17(16,3)4)15-19-11-5-7-18-9-12(11)21-22-15/h5-9H,1-4H3. The van der Waals surface area contributed by atoms with Crippen molar-refractivity contribution in [3.8, 4) is 0 Å². The Morgan fingerprint density at radius 1 is 1.00 bits per heavy atom. The van der Waals surface area contributed by atoms with Gasteiger partial charge in [-0.3, -0.25) is 9.98 Å². The van der Waals surface area contributed by atoms with Gasteiger partial charge in [0.1, 0.15) is 11.2 Å². The predicted molar refractivity (Wildman–Crippen MR) is 92.2 cm³/mol. The highest BCUT2D eigenvalue weighted by Gasteiger charge is 2.45. The molecule has 0 unspecified atom stereocenters. The predicted octanol–water partition coefficient (Wildman–Crippen LogP) is 3.39. The molecule has 3 aromatic heterocycles. The van der Waals surface area contributed by atoms with Crippen molar-refractivity contribution in [3.63, 3.8) is 0 Å². The topological polar surface area (TPSA) is 63.9 Å². The fourth-order valence-electron chi connectivity index (χ4n) is 2.80. The molecule has 0 bridgehead atoms. The van der Waals surface area contributed by atoms with Crippen LogP contribution in [0.3, 0.4) is 0 Å². The summed E-state index contributed by atoms with van der Waals surface area (Å²) in [4.78, 5) is 15.0. The zero-order valence-corrected chi connectivity index (χ0v) is 14.3. The molecule has 0 saturated carbocycles. The number of fused-ring (bicyclic) bond motifs is 2. The molecular formula is C17H17N5S. The zero-order chi connectivity index (χ0) is 16.2. The van der Waals surface area contributed by atoms with Gasteiger partial charge in [0.15, 0.2) is 0 Å². The van der Waals surface area contributed by atoms with Gasteiger partial charge in [-0.2, -0.15) is 0 Å².